The number of hydrogen-bond acceptors (Lipinski definition) is 3. The lowest BCUT2D eigenvalue weighted by molar-refractivity contribution is -0.142. The normalized spacial score (nSPS) is 25.8. The van der Waals surface area contributed by atoms with Crippen molar-refractivity contribution in [2.45, 2.75) is 25.7 Å². The molecule has 136 valence electrons. The minimum atomic E-state index is -0.853. The molecule has 0 radical (unpaired) electrons. The molecule has 2 aliphatic rings. The number of ether oxygens (including phenoxy) is 1. The Morgan fingerprint density at radius 3 is 2.44 bits per heavy atom. The minimum absolute atomic E-state index is 0.0645. The van der Waals surface area contributed by atoms with Gasteiger partial charge in [-0.15, -0.1) is 0 Å². The summed E-state index contributed by atoms with van der Waals surface area (Å²) in [6.07, 6.45) is 1.79. The van der Waals surface area contributed by atoms with E-state index in [1.54, 1.807) is 17.0 Å². The maximum atomic E-state index is 12.9. The topological polar surface area (TPSA) is 66.8 Å². The Kier molecular flexibility index (Phi) is 5.64. The van der Waals surface area contributed by atoms with Gasteiger partial charge in [-0.3, -0.25) is 9.59 Å². The summed E-state index contributed by atoms with van der Waals surface area (Å²) < 4.78 is 5.37. The van der Waals surface area contributed by atoms with Crippen molar-refractivity contribution in [1.82, 2.24) is 4.90 Å². The Hall–Kier alpha value is -1.59. The van der Waals surface area contributed by atoms with E-state index < -0.39 is 11.9 Å². The number of amides is 1. The quantitative estimate of drug-likeness (QED) is 0.890. The van der Waals surface area contributed by atoms with Crippen LogP contribution in [0.2, 0.25) is 5.02 Å². The number of carbonyl (C=O) groups is 2. The van der Waals surface area contributed by atoms with E-state index in [1.807, 2.05) is 19.1 Å². The molecule has 2 heterocycles. The molecule has 6 heteroatoms. The van der Waals surface area contributed by atoms with Gasteiger partial charge in [0.1, 0.15) is 0 Å². The molecule has 0 spiro atoms. The third kappa shape index (κ3) is 3.98. The number of carboxylic acid groups (broad SMARTS) is 1. The average Bonchev–Trinajstić information content (AvgIpc) is 3.07. The van der Waals surface area contributed by atoms with Crippen molar-refractivity contribution < 1.29 is 19.4 Å². The molecule has 1 aromatic rings. The summed E-state index contributed by atoms with van der Waals surface area (Å²) in [5.41, 5.74) is 0.922. The Morgan fingerprint density at radius 2 is 1.84 bits per heavy atom. The molecule has 25 heavy (non-hydrogen) atoms. The van der Waals surface area contributed by atoms with Gasteiger partial charge in [0.05, 0.1) is 5.92 Å². The molecule has 2 fully saturated rings. The van der Waals surface area contributed by atoms with Gasteiger partial charge in [-0.05, 0) is 36.5 Å². The highest BCUT2D eigenvalue weighted by Crippen LogP contribution is 2.35. The van der Waals surface area contributed by atoms with Gasteiger partial charge in [-0.25, -0.2) is 0 Å². The Morgan fingerprint density at radius 1 is 1.20 bits per heavy atom. The van der Waals surface area contributed by atoms with Crippen LogP contribution in [0, 0.1) is 17.8 Å². The first-order valence-electron chi connectivity index (χ1n) is 8.82. The van der Waals surface area contributed by atoms with E-state index in [4.69, 9.17) is 16.3 Å². The van der Waals surface area contributed by atoms with E-state index in [0.29, 0.717) is 30.7 Å². The number of benzene rings is 1. The zero-order valence-electron chi connectivity index (χ0n) is 14.4. The lowest BCUT2D eigenvalue weighted by Gasteiger charge is -2.30. The maximum Gasteiger partial charge on any atom is 0.308 e. The summed E-state index contributed by atoms with van der Waals surface area (Å²) in [6.45, 7) is 4.09. The number of rotatable bonds is 4. The lowest BCUT2D eigenvalue weighted by atomic mass is 9.86. The number of hydrogen-bond donors (Lipinski definition) is 1. The molecule has 0 aliphatic carbocycles. The number of likely N-dealkylation sites (tertiary alicyclic amines) is 1. The van der Waals surface area contributed by atoms with Crippen LogP contribution in [0.25, 0.3) is 0 Å². The Bertz CT molecular complexity index is 627. The van der Waals surface area contributed by atoms with Crippen molar-refractivity contribution in [2.24, 2.45) is 17.8 Å². The van der Waals surface area contributed by atoms with Gasteiger partial charge < -0.3 is 14.7 Å². The molecule has 2 aliphatic heterocycles. The van der Waals surface area contributed by atoms with Gasteiger partial charge >= 0.3 is 5.97 Å². The van der Waals surface area contributed by atoms with E-state index in [-0.39, 0.29) is 24.3 Å². The largest absolute Gasteiger partial charge is 0.481 e. The summed E-state index contributed by atoms with van der Waals surface area (Å²) in [5, 5.41) is 10.2. The van der Waals surface area contributed by atoms with Gasteiger partial charge in [0.15, 0.2) is 0 Å². The standard InChI is InChI=1S/C19H24ClNO4/c1-12(13-6-8-25-9-7-13)18(22)21-10-16(17(11-21)19(23)24)14-2-4-15(20)5-3-14/h2-5,12-13,16-17H,6-11H2,1H3,(H,23,24)/t12?,16-,17+/m0/s1. The fourth-order valence-electron chi connectivity index (χ4n) is 3.99. The molecule has 2 saturated heterocycles. The van der Waals surface area contributed by atoms with Crippen molar-refractivity contribution >= 4 is 23.5 Å². The fraction of sp³-hybridized carbons (Fsp3) is 0.579. The summed E-state index contributed by atoms with van der Waals surface area (Å²) in [5.74, 6) is -1.34. The molecule has 1 amide bonds. The third-order valence-electron chi connectivity index (χ3n) is 5.61. The molecule has 1 N–H and O–H groups in total. The highest BCUT2D eigenvalue weighted by atomic mass is 35.5. The van der Waals surface area contributed by atoms with Crippen LogP contribution in [0.3, 0.4) is 0 Å². The van der Waals surface area contributed by atoms with Crippen molar-refractivity contribution in [3.63, 3.8) is 0 Å². The highest BCUT2D eigenvalue weighted by molar-refractivity contribution is 6.30. The third-order valence-corrected chi connectivity index (χ3v) is 5.86. The molecule has 5 nitrogen and oxygen atoms in total. The van der Waals surface area contributed by atoms with Gasteiger partial charge in [-0.1, -0.05) is 30.7 Å². The number of carboxylic acids is 1. The molecule has 1 aromatic carbocycles. The van der Waals surface area contributed by atoms with Crippen molar-refractivity contribution in [2.75, 3.05) is 26.3 Å². The van der Waals surface area contributed by atoms with Gasteiger partial charge in [0.2, 0.25) is 5.91 Å². The fourth-order valence-corrected chi connectivity index (χ4v) is 4.11. The van der Waals surface area contributed by atoms with E-state index in [0.717, 1.165) is 18.4 Å². The smallest absolute Gasteiger partial charge is 0.308 e. The summed E-state index contributed by atoms with van der Waals surface area (Å²) >= 11 is 5.93. The first-order chi connectivity index (χ1) is 12.0. The Balaban J connectivity index is 1.73. The average molecular weight is 366 g/mol. The Labute approximate surface area is 152 Å². The van der Waals surface area contributed by atoms with Crippen LogP contribution in [-0.2, 0) is 14.3 Å². The van der Waals surface area contributed by atoms with Crippen LogP contribution in [-0.4, -0.2) is 48.2 Å². The first kappa shape index (κ1) is 18.2. The minimum Gasteiger partial charge on any atom is -0.481 e. The van der Waals surface area contributed by atoms with Gasteiger partial charge in [0, 0.05) is 43.2 Å². The second-order valence-electron chi connectivity index (χ2n) is 7.08. The van der Waals surface area contributed by atoms with Crippen LogP contribution in [0.15, 0.2) is 24.3 Å². The van der Waals surface area contributed by atoms with E-state index in [1.165, 1.54) is 0 Å². The van der Waals surface area contributed by atoms with Crippen LogP contribution < -0.4 is 0 Å². The number of nitrogens with zero attached hydrogens (tertiary/aromatic N) is 1. The SMILES string of the molecule is CC(C(=O)N1C[C@@H](C(=O)O)[C@H](c2ccc(Cl)cc2)C1)C1CCOCC1. The van der Waals surface area contributed by atoms with E-state index in [9.17, 15) is 14.7 Å². The van der Waals surface area contributed by atoms with Crippen LogP contribution in [0.4, 0.5) is 0 Å². The molecule has 0 aromatic heterocycles. The second kappa shape index (κ2) is 7.75. The number of aliphatic carboxylic acids is 1. The monoisotopic (exact) mass is 365 g/mol. The number of carbonyl (C=O) groups excluding carboxylic acids is 1. The molecule has 1 unspecified atom stereocenters. The zero-order chi connectivity index (χ0) is 18.0. The molecule has 0 saturated carbocycles. The van der Waals surface area contributed by atoms with E-state index in [2.05, 4.69) is 0 Å². The van der Waals surface area contributed by atoms with Crippen LogP contribution in [0.1, 0.15) is 31.2 Å². The zero-order valence-corrected chi connectivity index (χ0v) is 15.1. The summed E-state index contributed by atoms with van der Waals surface area (Å²) in [4.78, 5) is 26.4. The van der Waals surface area contributed by atoms with Crippen LogP contribution >= 0.6 is 11.6 Å². The lowest BCUT2D eigenvalue weighted by Crippen LogP contribution is -2.38. The highest BCUT2D eigenvalue weighted by Gasteiger charge is 2.42. The van der Waals surface area contributed by atoms with E-state index >= 15 is 0 Å². The second-order valence-corrected chi connectivity index (χ2v) is 7.52. The summed E-state index contributed by atoms with van der Waals surface area (Å²) in [7, 11) is 0. The van der Waals surface area contributed by atoms with Crippen molar-refractivity contribution in [3.05, 3.63) is 34.9 Å². The molecule has 0 bridgehead atoms. The molecular formula is C19H24ClNO4. The van der Waals surface area contributed by atoms with Gasteiger partial charge in [-0.2, -0.15) is 0 Å². The summed E-state index contributed by atoms with van der Waals surface area (Å²) in [6, 6.07) is 7.26. The van der Waals surface area contributed by atoms with Crippen molar-refractivity contribution in [1.29, 1.82) is 0 Å². The maximum absolute atomic E-state index is 12.9. The van der Waals surface area contributed by atoms with Crippen LogP contribution in [0.5, 0.6) is 0 Å². The predicted molar refractivity (Wildman–Crippen MR) is 94.6 cm³/mol. The first-order valence-corrected chi connectivity index (χ1v) is 9.20. The van der Waals surface area contributed by atoms with Crippen molar-refractivity contribution in [3.8, 4) is 0 Å². The molecule has 3 rings (SSSR count). The molecular weight excluding hydrogens is 342 g/mol. The molecule has 3 atom stereocenters. The number of halogens is 1. The van der Waals surface area contributed by atoms with Gasteiger partial charge in [0.25, 0.3) is 0 Å². The predicted octanol–water partition coefficient (Wildman–Crippen LogP) is 3.03.